The molecule has 3 aliphatic rings. The van der Waals surface area contributed by atoms with Crippen LogP contribution in [0.4, 0.5) is 0 Å². The third-order valence-corrected chi connectivity index (χ3v) is 4.95. The molecule has 2 aliphatic heterocycles. The van der Waals surface area contributed by atoms with E-state index in [1.165, 1.54) is 51.9 Å². The summed E-state index contributed by atoms with van der Waals surface area (Å²) in [5, 5.41) is 3.51. The number of hydrogen-bond acceptors (Lipinski definition) is 3. The third-order valence-electron chi connectivity index (χ3n) is 4.95. The molecule has 0 aromatic carbocycles. The summed E-state index contributed by atoms with van der Waals surface area (Å²) in [6.07, 6.45) is 5.64. The Kier molecular flexibility index (Phi) is 3.42. The van der Waals surface area contributed by atoms with Crippen LogP contribution in [0.1, 0.15) is 39.5 Å². The molecular formula is C14H27N3. The molecule has 3 rings (SSSR count). The van der Waals surface area contributed by atoms with Gasteiger partial charge in [0.1, 0.15) is 0 Å². The SMILES string of the molecule is CCN(C1CCNC1)C1CC(C)N(C2CC2)C1. The largest absolute Gasteiger partial charge is 0.315 e. The maximum atomic E-state index is 3.51. The predicted molar refractivity (Wildman–Crippen MR) is 71.2 cm³/mol. The summed E-state index contributed by atoms with van der Waals surface area (Å²) in [6, 6.07) is 3.38. The van der Waals surface area contributed by atoms with Crippen LogP contribution in [-0.2, 0) is 0 Å². The molecule has 3 nitrogen and oxygen atoms in total. The van der Waals surface area contributed by atoms with Crippen LogP contribution in [0, 0.1) is 0 Å². The molecular weight excluding hydrogens is 210 g/mol. The molecule has 0 aromatic heterocycles. The normalized spacial score (nSPS) is 39.4. The van der Waals surface area contributed by atoms with Crippen molar-refractivity contribution in [2.75, 3.05) is 26.2 Å². The summed E-state index contributed by atoms with van der Waals surface area (Å²) >= 11 is 0. The molecule has 98 valence electrons. The van der Waals surface area contributed by atoms with Gasteiger partial charge in [-0.15, -0.1) is 0 Å². The maximum absolute atomic E-state index is 3.51. The van der Waals surface area contributed by atoms with Crippen molar-refractivity contribution >= 4 is 0 Å². The lowest BCUT2D eigenvalue weighted by Crippen LogP contribution is -2.45. The Hall–Kier alpha value is -0.120. The average molecular weight is 237 g/mol. The first kappa shape index (κ1) is 11.9. The van der Waals surface area contributed by atoms with Gasteiger partial charge in [-0.3, -0.25) is 9.80 Å². The zero-order chi connectivity index (χ0) is 11.8. The third kappa shape index (κ3) is 2.38. The van der Waals surface area contributed by atoms with Gasteiger partial charge in [0.2, 0.25) is 0 Å². The van der Waals surface area contributed by atoms with Crippen LogP contribution in [0.25, 0.3) is 0 Å². The van der Waals surface area contributed by atoms with Crippen molar-refractivity contribution in [3.63, 3.8) is 0 Å². The number of likely N-dealkylation sites (tertiary alicyclic amines) is 1. The highest BCUT2D eigenvalue weighted by molar-refractivity contribution is 4.98. The van der Waals surface area contributed by atoms with Crippen LogP contribution < -0.4 is 5.32 Å². The van der Waals surface area contributed by atoms with Crippen molar-refractivity contribution in [1.29, 1.82) is 0 Å². The molecule has 0 radical (unpaired) electrons. The number of nitrogens with one attached hydrogen (secondary N) is 1. The minimum atomic E-state index is 0.802. The molecule has 3 heteroatoms. The van der Waals surface area contributed by atoms with Gasteiger partial charge >= 0.3 is 0 Å². The maximum Gasteiger partial charge on any atom is 0.0241 e. The zero-order valence-corrected chi connectivity index (χ0v) is 11.4. The molecule has 3 unspecified atom stereocenters. The van der Waals surface area contributed by atoms with Gasteiger partial charge in [0.25, 0.3) is 0 Å². The van der Waals surface area contributed by atoms with E-state index in [1.54, 1.807) is 0 Å². The van der Waals surface area contributed by atoms with Gasteiger partial charge in [-0.2, -0.15) is 0 Å². The minimum Gasteiger partial charge on any atom is -0.315 e. The molecule has 3 atom stereocenters. The Morgan fingerprint density at radius 1 is 1.24 bits per heavy atom. The molecule has 1 N–H and O–H groups in total. The van der Waals surface area contributed by atoms with Crippen molar-refractivity contribution in [2.24, 2.45) is 0 Å². The van der Waals surface area contributed by atoms with Gasteiger partial charge in [0, 0.05) is 37.3 Å². The van der Waals surface area contributed by atoms with E-state index in [-0.39, 0.29) is 0 Å². The molecule has 2 heterocycles. The van der Waals surface area contributed by atoms with E-state index in [4.69, 9.17) is 0 Å². The summed E-state index contributed by atoms with van der Waals surface area (Å²) < 4.78 is 0. The molecule has 0 amide bonds. The van der Waals surface area contributed by atoms with Gasteiger partial charge in [-0.25, -0.2) is 0 Å². The smallest absolute Gasteiger partial charge is 0.0241 e. The Morgan fingerprint density at radius 3 is 2.65 bits per heavy atom. The van der Waals surface area contributed by atoms with Crippen LogP contribution >= 0.6 is 0 Å². The lowest BCUT2D eigenvalue weighted by molar-refractivity contribution is 0.149. The Morgan fingerprint density at radius 2 is 2.06 bits per heavy atom. The van der Waals surface area contributed by atoms with Crippen molar-refractivity contribution in [3.8, 4) is 0 Å². The summed E-state index contributed by atoms with van der Waals surface area (Å²) in [5.41, 5.74) is 0. The standard InChI is InChI=1S/C14H27N3/c1-3-16(13-6-7-15-9-13)14-8-11(2)17(10-14)12-4-5-12/h11-15H,3-10H2,1-2H3. The van der Waals surface area contributed by atoms with Crippen LogP contribution in [0.5, 0.6) is 0 Å². The van der Waals surface area contributed by atoms with E-state index in [0.29, 0.717) is 0 Å². The highest BCUT2D eigenvalue weighted by Crippen LogP contribution is 2.35. The van der Waals surface area contributed by atoms with Crippen molar-refractivity contribution in [3.05, 3.63) is 0 Å². The highest BCUT2D eigenvalue weighted by Gasteiger charge is 2.41. The van der Waals surface area contributed by atoms with Crippen LogP contribution in [0.2, 0.25) is 0 Å². The first-order valence-corrected chi connectivity index (χ1v) is 7.51. The fourth-order valence-electron chi connectivity index (χ4n) is 3.92. The van der Waals surface area contributed by atoms with Crippen molar-refractivity contribution in [2.45, 2.75) is 63.7 Å². The molecule has 0 spiro atoms. The molecule has 1 saturated carbocycles. The summed E-state index contributed by atoms with van der Waals surface area (Å²) in [6.45, 7) is 9.75. The second-order valence-corrected chi connectivity index (χ2v) is 6.14. The fraction of sp³-hybridized carbons (Fsp3) is 1.00. The second kappa shape index (κ2) is 4.87. The van der Waals surface area contributed by atoms with Crippen LogP contribution in [-0.4, -0.2) is 60.1 Å². The van der Waals surface area contributed by atoms with Crippen molar-refractivity contribution in [1.82, 2.24) is 15.1 Å². The summed E-state index contributed by atoms with van der Waals surface area (Å²) in [7, 11) is 0. The second-order valence-electron chi connectivity index (χ2n) is 6.14. The monoisotopic (exact) mass is 237 g/mol. The molecule has 2 saturated heterocycles. The number of rotatable bonds is 4. The average Bonchev–Trinajstić information content (AvgIpc) is 2.88. The van der Waals surface area contributed by atoms with Gasteiger partial charge in [-0.05, 0) is 45.7 Å². The number of likely N-dealkylation sites (N-methyl/N-ethyl adjacent to an activating group) is 1. The van der Waals surface area contributed by atoms with Crippen LogP contribution in [0.3, 0.4) is 0 Å². The summed E-state index contributed by atoms with van der Waals surface area (Å²) in [5.74, 6) is 0. The van der Waals surface area contributed by atoms with E-state index in [2.05, 4.69) is 29.0 Å². The van der Waals surface area contributed by atoms with Crippen LogP contribution in [0.15, 0.2) is 0 Å². The van der Waals surface area contributed by atoms with E-state index < -0.39 is 0 Å². The number of nitrogens with zero attached hydrogens (tertiary/aromatic N) is 2. The Bertz CT molecular complexity index is 258. The number of hydrogen-bond donors (Lipinski definition) is 1. The lowest BCUT2D eigenvalue weighted by Gasteiger charge is -2.33. The minimum absolute atomic E-state index is 0.802. The molecule has 0 bridgehead atoms. The van der Waals surface area contributed by atoms with E-state index >= 15 is 0 Å². The van der Waals surface area contributed by atoms with Gasteiger partial charge in [-0.1, -0.05) is 6.92 Å². The first-order chi connectivity index (χ1) is 8.29. The molecule has 1 aliphatic carbocycles. The lowest BCUT2D eigenvalue weighted by atomic mass is 10.1. The Labute approximate surface area is 106 Å². The summed E-state index contributed by atoms with van der Waals surface area (Å²) in [4.78, 5) is 5.55. The quantitative estimate of drug-likeness (QED) is 0.795. The van der Waals surface area contributed by atoms with Gasteiger partial charge in [0.05, 0.1) is 0 Å². The first-order valence-electron chi connectivity index (χ1n) is 7.51. The van der Waals surface area contributed by atoms with Gasteiger partial charge in [0.15, 0.2) is 0 Å². The topological polar surface area (TPSA) is 18.5 Å². The van der Waals surface area contributed by atoms with Crippen molar-refractivity contribution < 1.29 is 0 Å². The molecule has 0 aromatic rings. The van der Waals surface area contributed by atoms with E-state index in [1.807, 2.05) is 0 Å². The highest BCUT2D eigenvalue weighted by atomic mass is 15.3. The van der Waals surface area contributed by atoms with E-state index in [9.17, 15) is 0 Å². The molecule has 17 heavy (non-hydrogen) atoms. The fourth-order valence-corrected chi connectivity index (χ4v) is 3.92. The Balaban J connectivity index is 1.62. The van der Waals surface area contributed by atoms with E-state index in [0.717, 1.165) is 24.2 Å². The van der Waals surface area contributed by atoms with Gasteiger partial charge < -0.3 is 5.32 Å². The zero-order valence-electron chi connectivity index (χ0n) is 11.4. The molecule has 3 fully saturated rings. The predicted octanol–water partition coefficient (Wildman–Crippen LogP) is 1.30.